The zero-order chi connectivity index (χ0) is 10.6. The minimum Gasteiger partial charge on any atom is -0.496 e. The van der Waals surface area contributed by atoms with Crippen molar-refractivity contribution in [2.45, 2.75) is 13.8 Å². The molecule has 0 atom stereocenters. The Kier molecular flexibility index (Phi) is 3.54. The minimum atomic E-state index is 0.872. The van der Waals surface area contributed by atoms with E-state index in [1.807, 2.05) is 38.1 Å². The van der Waals surface area contributed by atoms with Gasteiger partial charge in [0.1, 0.15) is 5.75 Å². The second-order valence-electron chi connectivity index (χ2n) is 2.98. The number of benzene rings is 1. The Bertz CT molecular complexity index is 345. The number of hydrogen-bond acceptors (Lipinski definition) is 3. The molecule has 1 rings (SSSR count). The van der Waals surface area contributed by atoms with Gasteiger partial charge in [0.25, 0.3) is 0 Å². The molecule has 1 aromatic carbocycles. The van der Waals surface area contributed by atoms with Gasteiger partial charge < -0.3 is 10.2 Å². The molecule has 0 amide bonds. The summed E-state index contributed by atoms with van der Waals surface area (Å²) in [6.45, 7) is 3.95. The van der Waals surface area contributed by atoms with Crippen LogP contribution in [0.2, 0.25) is 0 Å². The summed E-state index contributed by atoms with van der Waals surface area (Å²) >= 11 is 0. The first-order valence-corrected chi connectivity index (χ1v) is 4.51. The average molecular weight is 192 g/mol. The van der Waals surface area contributed by atoms with E-state index >= 15 is 0 Å². The van der Waals surface area contributed by atoms with E-state index in [1.165, 1.54) is 0 Å². The van der Waals surface area contributed by atoms with Gasteiger partial charge >= 0.3 is 0 Å². The van der Waals surface area contributed by atoms with E-state index in [-0.39, 0.29) is 0 Å². The van der Waals surface area contributed by atoms with Crippen molar-refractivity contribution < 1.29 is 4.74 Å². The fourth-order valence-corrected chi connectivity index (χ4v) is 1.44. The molecule has 0 saturated carbocycles. The highest BCUT2D eigenvalue weighted by Gasteiger charge is 2.06. The van der Waals surface area contributed by atoms with Crippen molar-refractivity contribution in [1.29, 1.82) is 0 Å². The summed E-state index contributed by atoms with van der Waals surface area (Å²) in [5, 5.41) is 0. The van der Waals surface area contributed by atoms with Gasteiger partial charge in [0, 0.05) is 11.1 Å². The summed E-state index contributed by atoms with van der Waals surface area (Å²) in [7, 11) is 1.66. The van der Waals surface area contributed by atoms with E-state index in [4.69, 9.17) is 10.6 Å². The smallest absolute Gasteiger partial charge is 0.122 e. The molecular weight excluding hydrogens is 176 g/mol. The number of hydrogen-bond donors (Lipinski definition) is 2. The van der Waals surface area contributed by atoms with E-state index in [1.54, 1.807) is 7.11 Å². The van der Waals surface area contributed by atoms with Gasteiger partial charge in [-0.3, -0.25) is 5.84 Å². The molecule has 3 nitrogen and oxygen atoms in total. The van der Waals surface area contributed by atoms with Crippen molar-refractivity contribution in [3.63, 3.8) is 0 Å². The van der Waals surface area contributed by atoms with Crippen molar-refractivity contribution in [1.82, 2.24) is 5.43 Å². The van der Waals surface area contributed by atoms with Gasteiger partial charge in [-0.05, 0) is 19.9 Å². The van der Waals surface area contributed by atoms with E-state index in [0.29, 0.717) is 0 Å². The van der Waals surface area contributed by atoms with Crippen LogP contribution >= 0.6 is 0 Å². The van der Waals surface area contributed by atoms with Gasteiger partial charge in [0.2, 0.25) is 0 Å². The van der Waals surface area contributed by atoms with Crippen LogP contribution in [-0.2, 0) is 0 Å². The van der Waals surface area contributed by atoms with Gasteiger partial charge in [0.15, 0.2) is 0 Å². The molecule has 0 radical (unpaired) electrons. The fraction of sp³-hybridized carbons (Fsp3) is 0.273. The zero-order valence-electron chi connectivity index (χ0n) is 8.79. The molecule has 0 spiro atoms. The quantitative estimate of drug-likeness (QED) is 0.567. The van der Waals surface area contributed by atoms with Gasteiger partial charge in [0.05, 0.1) is 12.8 Å². The highest BCUT2D eigenvalue weighted by atomic mass is 16.5. The first kappa shape index (κ1) is 10.6. The van der Waals surface area contributed by atoms with E-state index in [9.17, 15) is 0 Å². The highest BCUT2D eigenvalue weighted by molar-refractivity contribution is 5.68. The first-order valence-electron chi connectivity index (χ1n) is 4.51. The van der Waals surface area contributed by atoms with E-state index in [0.717, 1.165) is 22.6 Å². The molecule has 0 bridgehead atoms. The fourth-order valence-electron chi connectivity index (χ4n) is 1.44. The number of rotatable bonds is 3. The topological polar surface area (TPSA) is 47.3 Å². The standard InChI is InChI=1S/C11H16N2O/c1-4-10(13-12)9-6-5-7-11(14-3)8(9)2/h4-7,13H,12H2,1-3H3/b10-4-. The lowest BCUT2D eigenvalue weighted by molar-refractivity contribution is 0.411. The number of nitrogens with two attached hydrogens (primary N) is 1. The third-order valence-electron chi connectivity index (χ3n) is 2.24. The summed E-state index contributed by atoms with van der Waals surface area (Å²) < 4.78 is 5.23. The highest BCUT2D eigenvalue weighted by Crippen LogP contribution is 2.24. The van der Waals surface area contributed by atoms with Crippen LogP contribution in [-0.4, -0.2) is 7.11 Å². The Hall–Kier alpha value is -1.48. The van der Waals surface area contributed by atoms with Crippen LogP contribution in [0.1, 0.15) is 18.1 Å². The maximum absolute atomic E-state index is 5.42. The zero-order valence-corrected chi connectivity index (χ0v) is 8.79. The first-order chi connectivity index (χ1) is 6.74. The molecule has 0 heterocycles. The Morgan fingerprint density at radius 2 is 2.21 bits per heavy atom. The van der Waals surface area contributed by atoms with Gasteiger partial charge in [-0.25, -0.2) is 0 Å². The number of allylic oxidation sites excluding steroid dienone is 1. The second kappa shape index (κ2) is 4.67. The third-order valence-corrected chi connectivity index (χ3v) is 2.24. The maximum atomic E-state index is 5.42. The number of nitrogens with one attached hydrogen (secondary N) is 1. The lowest BCUT2D eigenvalue weighted by Gasteiger charge is -2.12. The van der Waals surface area contributed by atoms with Crippen molar-refractivity contribution in [3.05, 3.63) is 35.4 Å². The molecule has 76 valence electrons. The third kappa shape index (κ3) is 1.88. The van der Waals surface area contributed by atoms with Gasteiger partial charge in [-0.2, -0.15) is 0 Å². The van der Waals surface area contributed by atoms with Gasteiger partial charge in [-0.1, -0.05) is 18.2 Å². The molecule has 0 unspecified atom stereocenters. The van der Waals surface area contributed by atoms with Crippen molar-refractivity contribution in [2.75, 3.05) is 7.11 Å². The van der Waals surface area contributed by atoms with Crippen LogP contribution in [0.4, 0.5) is 0 Å². The normalized spacial score (nSPS) is 11.3. The summed E-state index contributed by atoms with van der Waals surface area (Å²) in [6, 6.07) is 5.89. The van der Waals surface area contributed by atoms with Crippen molar-refractivity contribution >= 4 is 5.70 Å². The number of methoxy groups -OCH3 is 1. The molecule has 0 aliphatic carbocycles. The number of ether oxygens (including phenoxy) is 1. The predicted octanol–water partition coefficient (Wildman–Crippen LogP) is 1.83. The molecule has 1 aromatic rings. The lowest BCUT2D eigenvalue weighted by atomic mass is 10.0. The Morgan fingerprint density at radius 1 is 1.50 bits per heavy atom. The van der Waals surface area contributed by atoms with E-state index < -0.39 is 0 Å². The van der Waals surface area contributed by atoms with Crippen LogP contribution in [0.5, 0.6) is 5.75 Å². The molecule has 0 aliphatic heterocycles. The average Bonchev–Trinajstić information content (AvgIpc) is 2.22. The van der Waals surface area contributed by atoms with Gasteiger partial charge in [-0.15, -0.1) is 0 Å². The SMILES string of the molecule is C/C=C(\NN)c1cccc(OC)c1C. The van der Waals surface area contributed by atoms with Crippen molar-refractivity contribution in [3.8, 4) is 5.75 Å². The summed E-state index contributed by atoms with van der Waals surface area (Å²) in [5.74, 6) is 6.29. The molecule has 0 aliphatic rings. The van der Waals surface area contributed by atoms with Crippen LogP contribution in [0.3, 0.4) is 0 Å². The number of hydrazine groups is 1. The van der Waals surface area contributed by atoms with Crippen LogP contribution in [0, 0.1) is 6.92 Å². The summed E-state index contributed by atoms with van der Waals surface area (Å²) in [4.78, 5) is 0. The molecule has 0 aromatic heterocycles. The van der Waals surface area contributed by atoms with Crippen LogP contribution in [0.15, 0.2) is 24.3 Å². The molecular formula is C11H16N2O. The monoisotopic (exact) mass is 192 g/mol. The molecule has 3 N–H and O–H groups in total. The van der Waals surface area contributed by atoms with Crippen LogP contribution in [0.25, 0.3) is 5.70 Å². The second-order valence-corrected chi connectivity index (χ2v) is 2.98. The van der Waals surface area contributed by atoms with Crippen LogP contribution < -0.4 is 16.0 Å². The Labute approximate surface area is 84.5 Å². The maximum Gasteiger partial charge on any atom is 0.122 e. The molecule has 0 fully saturated rings. The Morgan fingerprint density at radius 3 is 2.71 bits per heavy atom. The Balaban J connectivity index is 3.21. The predicted molar refractivity (Wildman–Crippen MR) is 58.7 cm³/mol. The summed E-state index contributed by atoms with van der Waals surface area (Å²) in [6.07, 6.45) is 1.93. The molecule has 14 heavy (non-hydrogen) atoms. The summed E-state index contributed by atoms with van der Waals surface area (Å²) in [5.41, 5.74) is 5.72. The lowest BCUT2D eigenvalue weighted by Crippen LogP contribution is -2.20. The van der Waals surface area contributed by atoms with E-state index in [2.05, 4.69) is 5.43 Å². The van der Waals surface area contributed by atoms with Crippen molar-refractivity contribution in [2.24, 2.45) is 5.84 Å². The molecule has 0 saturated heterocycles. The molecule has 3 heteroatoms. The minimum absolute atomic E-state index is 0.872. The largest absolute Gasteiger partial charge is 0.496 e.